The molecule has 0 radical (unpaired) electrons. The van der Waals surface area contributed by atoms with E-state index in [4.69, 9.17) is 28.4 Å². The summed E-state index contributed by atoms with van der Waals surface area (Å²) in [6.07, 6.45) is -1.24. The van der Waals surface area contributed by atoms with Gasteiger partial charge in [0.15, 0.2) is 17.8 Å². The number of pyridine rings is 1. The van der Waals surface area contributed by atoms with Gasteiger partial charge in [-0.25, -0.2) is 18.2 Å². The second kappa shape index (κ2) is 15.1. The first kappa shape index (κ1) is 35.3. The lowest BCUT2D eigenvalue weighted by Gasteiger charge is -2.31. The summed E-state index contributed by atoms with van der Waals surface area (Å²) in [7, 11) is -4.12. The molecule has 5 unspecified atom stereocenters. The van der Waals surface area contributed by atoms with Gasteiger partial charge in [0.05, 0.1) is 41.1 Å². The number of amides is 1. The van der Waals surface area contributed by atoms with E-state index in [1.807, 2.05) is 13.8 Å². The predicted molar refractivity (Wildman–Crippen MR) is 174 cm³/mol. The van der Waals surface area contributed by atoms with Crippen LogP contribution in [-0.2, 0) is 30.7 Å². The monoisotopic (exact) mass is 714 g/mol. The molecule has 3 aliphatic heterocycles. The number of sulfonamides is 1. The highest BCUT2D eigenvalue weighted by Gasteiger charge is 2.44. The van der Waals surface area contributed by atoms with Crippen molar-refractivity contribution >= 4 is 21.8 Å². The molecule has 2 fully saturated rings. The van der Waals surface area contributed by atoms with Gasteiger partial charge in [0.25, 0.3) is 5.69 Å². The van der Waals surface area contributed by atoms with Crippen molar-refractivity contribution < 1.29 is 51.7 Å². The van der Waals surface area contributed by atoms with Crippen molar-refractivity contribution in [1.82, 2.24) is 14.6 Å². The molecule has 0 saturated carbocycles. The molecule has 0 spiro atoms. The fourth-order valence-electron chi connectivity index (χ4n) is 5.96. The summed E-state index contributed by atoms with van der Waals surface area (Å²) in [5.74, 6) is 1.10. The average Bonchev–Trinajstić information content (AvgIpc) is 3.84. The molecule has 2 aromatic carbocycles. The van der Waals surface area contributed by atoms with E-state index in [0.717, 1.165) is 6.20 Å². The van der Waals surface area contributed by atoms with Gasteiger partial charge in [-0.15, -0.1) is 0 Å². The summed E-state index contributed by atoms with van der Waals surface area (Å²) in [4.78, 5) is 27.5. The van der Waals surface area contributed by atoms with Crippen molar-refractivity contribution in [1.29, 1.82) is 0 Å². The lowest BCUT2D eigenvalue weighted by atomic mass is 10.0. The van der Waals surface area contributed by atoms with Crippen molar-refractivity contribution in [2.75, 3.05) is 33.1 Å². The molecule has 3 aliphatic rings. The van der Waals surface area contributed by atoms with E-state index in [1.54, 1.807) is 24.3 Å². The number of alkyl carbamates (subject to hydrolysis) is 1. The molecule has 5 atom stereocenters. The lowest BCUT2D eigenvalue weighted by molar-refractivity contribution is -0.385. The Morgan fingerprint density at radius 3 is 2.60 bits per heavy atom. The van der Waals surface area contributed by atoms with Crippen LogP contribution < -0.4 is 19.5 Å². The molecule has 1 aromatic heterocycles. The number of benzene rings is 2. The number of aliphatic hydroxyl groups is 1. The molecule has 0 bridgehead atoms. The van der Waals surface area contributed by atoms with Gasteiger partial charge in [-0.3, -0.25) is 10.1 Å². The number of nitro groups is 1. The molecule has 268 valence electrons. The molecule has 4 heterocycles. The number of nitrogens with one attached hydrogen (secondary N) is 1. The third-order valence-electron chi connectivity index (χ3n) is 8.49. The summed E-state index contributed by atoms with van der Waals surface area (Å²) in [5.41, 5.74) is 0.511. The molecule has 1 amide bonds. The Labute approximate surface area is 288 Å². The highest BCUT2D eigenvalue weighted by molar-refractivity contribution is 7.89. The molecule has 50 heavy (non-hydrogen) atoms. The zero-order chi connectivity index (χ0) is 35.4. The summed E-state index contributed by atoms with van der Waals surface area (Å²) < 4.78 is 62.3. The largest absolute Gasteiger partial charge is 0.454 e. The minimum Gasteiger partial charge on any atom is -0.454 e. The Bertz CT molecular complexity index is 1770. The normalized spacial score (nSPS) is 20.8. The van der Waals surface area contributed by atoms with Crippen LogP contribution >= 0.6 is 0 Å². The minimum absolute atomic E-state index is 0.0147. The van der Waals surface area contributed by atoms with Gasteiger partial charge in [0, 0.05) is 31.3 Å². The molecule has 6 rings (SSSR count). The number of hydrogen-bond donors (Lipinski definition) is 2. The molecule has 0 aliphatic carbocycles. The van der Waals surface area contributed by atoms with Gasteiger partial charge in [-0.1, -0.05) is 26.0 Å². The number of ether oxygens (including phenoxy) is 6. The Morgan fingerprint density at radius 2 is 1.88 bits per heavy atom. The number of fused-ring (bicyclic) bond motifs is 2. The first-order valence-corrected chi connectivity index (χ1v) is 17.6. The number of carbonyl (C=O) groups excluding carboxylic acids is 1. The van der Waals surface area contributed by atoms with Crippen LogP contribution in [0.1, 0.15) is 25.8 Å². The summed E-state index contributed by atoms with van der Waals surface area (Å²) >= 11 is 0. The lowest BCUT2D eigenvalue weighted by Crippen LogP contribution is -2.51. The van der Waals surface area contributed by atoms with Gasteiger partial charge in [0.2, 0.25) is 22.7 Å². The van der Waals surface area contributed by atoms with Crippen molar-refractivity contribution in [3.05, 3.63) is 76.5 Å². The van der Waals surface area contributed by atoms with Crippen LogP contribution in [-0.4, -0.2) is 91.5 Å². The van der Waals surface area contributed by atoms with Crippen LogP contribution in [0.5, 0.6) is 23.1 Å². The molecule has 3 aromatic rings. The van der Waals surface area contributed by atoms with Crippen LogP contribution in [0.3, 0.4) is 0 Å². The molecule has 17 heteroatoms. The van der Waals surface area contributed by atoms with Gasteiger partial charge >= 0.3 is 6.09 Å². The third kappa shape index (κ3) is 8.24. The zero-order valence-electron chi connectivity index (χ0n) is 27.4. The van der Waals surface area contributed by atoms with Gasteiger partial charge in [-0.2, -0.15) is 4.31 Å². The average molecular weight is 715 g/mol. The topological polar surface area (TPSA) is 198 Å². The van der Waals surface area contributed by atoms with E-state index in [0.29, 0.717) is 35.8 Å². The van der Waals surface area contributed by atoms with Crippen LogP contribution in [0.25, 0.3) is 0 Å². The number of aromatic nitrogens is 1. The number of rotatable bonds is 14. The number of hydrogen-bond acceptors (Lipinski definition) is 13. The van der Waals surface area contributed by atoms with Gasteiger partial charge < -0.3 is 38.8 Å². The van der Waals surface area contributed by atoms with E-state index in [9.17, 15) is 28.4 Å². The maximum Gasteiger partial charge on any atom is 0.407 e. The molecule has 2 N–H and O–H groups in total. The fraction of sp³-hybridized carbons (Fsp3) is 0.455. The molecular formula is C33H38N4O12S. The number of nitrogens with zero attached hydrogens (tertiary/aromatic N) is 3. The van der Waals surface area contributed by atoms with Gasteiger partial charge in [0.1, 0.15) is 18.1 Å². The Balaban J connectivity index is 1.19. The van der Waals surface area contributed by atoms with Crippen molar-refractivity contribution in [3.8, 4) is 23.1 Å². The molecule has 16 nitrogen and oxygen atoms in total. The Kier molecular flexibility index (Phi) is 10.7. The Hall–Kier alpha value is -4.55. The molecule has 2 saturated heterocycles. The van der Waals surface area contributed by atoms with Crippen molar-refractivity contribution in [2.24, 2.45) is 11.8 Å². The maximum atomic E-state index is 13.9. The van der Waals surface area contributed by atoms with E-state index in [-0.39, 0.29) is 61.2 Å². The second-order valence-corrected chi connectivity index (χ2v) is 14.5. The fourth-order valence-corrected chi connectivity index (χ4v) is 7.60. The SMILES string of the molecule is CC(C)CN(CC(O)C(Cc1ccc(Oc2ccc([N+](=O)[O-])cn2)cc1)NC(=O)OC1COC2OCCC12)S(=O)(=O)c1ccc2c(c1)OCO2. The van der Waals surface area contributed by atoms with Crippen LogP contribution in [0.2, 0.25) is 0 Å². The van der Waals surface area contributed by atoms with Crippen molar-refractivity contribution in [3.63, 3.8) is 0 Å². The minimum atomic E-state index is -4.12. The van der Waals surface area contributed by atoms with E-state index >= 15 is 0 Å². The third-order valence-corrected chi connectivity index (χ3v) is 10.3. The first-order chi connectivity index (χ1) is 24.0. The van der Waals surface area contributed by atoms with Crippen LogP contribution in [0.4, 0.5) is 10.5 Å². The van der Waals surface area contributed by atoms with Crippen LogP contribution in [0, 0.1) is 22.0 Å². The maximum absolute atomic E-state index is 13.9. The van der Waals surface area contributed by atoms with E-state index < -0.39 is 45.6 Å². The second-order valence-electron chi connectivity index (χ2n) is 12.6. The molecular weight excluding hydrogens is 676 g/mol. The summed E-state index contributed by atoms with van der Waals surface area (Å²) in [5, 5.41) is 25.3. The number of aliphatic hydroxyl groups excluding tert-OH is 1. The number of carbonyl (C=O) groups is 1. The predicted octanol–water partition coefficient (Wildman–Crippen LogP) is 3.62. The standard InChI is InChI=1S/C33H38N4O12S/c1-20(2)16-36(50(42,43)24-8-9-28-29(14-24)47-19-46-28)17-27(38)26(35-33(39)49-30-18-45-32-25(30)11-12-44-32)13-21-3-6-23(7-4-21)48-31-10-5-22(15-34-31)37(40)41/h3-10,14-15,20,25-27,30,32,38H,11-13,16-19H2,1-2H3,(H,35,39). The smallest absolute Gasteiger partial charge is 0.407 e. The first-order valence-electron chi connectivity index (χ1n) is 16.1. The highest BCUT2D eigenvalue weighted by Crippen LogP contribution is 2.35. The Morgan fingerprint density at radius 1 is 1.10 bits per heavy atom. The summed E-state index contributed by atoms with van der Waals surface area (Å²) in [6.45, 7) is 4.15. The van der Waals surface area contributed by atoms with E-state index in [1.165, 1.54) is 34.6 Å². The summed E-state index contributed by atoms with van der Waals surface area (Å²) in [6, 6.07) is 12.7. The highest BCUT2D eigenvalue weighted by atomic mass is 32.2. The van der Waals surface area contributed by atoms with Crippen LogP contribution in [0.15, 0.2) is 65.7 Å². The van der Waals surface area contributed by atoms with E-state index in [2.05, 4.69) is 10.3 Å². The van der Waals surface area contributed by atoms with Gasteiger partial charge in [-0.05, 0) is 48.6 Å². The van der Waals surface area contributed by atoms with Crippen molar-refractivity contribution in [2.45, 2.75) is 56.1 Å². The zero-order valence-corrected chi connectivity index (χ0v) is 28.2. The quantitative estimate of drug-likeness (QED) is 0.182.